The second-order valence-corrected chi connectivity index (χ2v) is 6.95. The van der Waals surface area contributed by atoms with Crippen LogP contribution in [0.2, 0.25) is 0 Å². The van der Waals surface area contributed by atoms with E-state index in [9.17, 15) is 4.79 Å². The second-order valence-electron chi connectivity index (χ2n) is 6.58. The second kappa shape index (κ2) is 7.27. The summed E-state index contributed by atoms with van der Waals surface area (Å²) in [4.78, 5) is 12.6. The molecule has 1 aromatic rings. The topological polar surface area (TPSA) is 59.6 Å². The van der Waals surface area contributed by atoms with Gasteiger partial charge in [-0.2, -0.15) is 0 Å². The van der Waals surface area contributed by atoms with Crippen LogP contribution >= 0.6 is 12.2 Å². The zero-order valence-corrected chi connectivity index (χ0v) is 14.8. The first kappa shape index (κ1) is 17.7. The number of hydrogen-bond acceptors (Lipinski definition) is 5. The Hall–Kier alpha value is -1.66. The number of fused-ring (bicyclic) bond motifs is 1. The molecule has 2 N–H and O–H groups in total. The molecular formula is C17H24N2O3S. The van der Waals surface area contributed by atoms with E-state index in [2.05, 4.69) is 10.6 Å². The SMILES string of the molecule is CNC(=S)OCC1Cc2ccccc2C(C(=O)OC(C)(C)C)N1. The molecule has 1 aromatic carbocycles. The Balaban J connectivity index is 2.16. The maximum atomic E-state index is 12.6. The van der Waals surface area contributed by atoms with Crippen molar-refractivity contribution in [3.63, 3.8) is 0 Å². The van der Waals surface area contributed by atoms with E-state index in [4.69, 9.17) is 21.7 Å². The minimum absolute atomic E-state index is 0.00582. The van der Waals surface area contributed by atoms with E-state index in [-0.39, 0.29) is 12.0 Å². The summed E-state index contributed by atoms with van der Waals surface area (Å²) in [6, 6.07) is 7.42. The van der Waals surface area contributed by atoms with Crippen LogP contribution in [-0.2, 0) is 20.7 Å². The Labute approximate surface area is 142 Å². The Morgan fingerprint density at radius 1 is 1.39 bits per heavy atom. The average Bonchev–Trinajstić information content (AvgIpc) is 2.50. The lowest BCUT2D eigenvalue weighted by molar-refractivity contribution is -0.158. The van der Waals surface area contributed by atoms with Crippen molar-refractivity contribution < 1.29 is 14.3 Å². The zero-order chi connectivity index (χ0) is 17.0. The molecule has 5 nitrogen and oxygen atoms in total. The maximum Gasteiger partial charge on any atom is 0.328 e. The van der Waals surface area contributed by atoms with E-state index >= 15 is 0 Å². The van der Waals surface area contributed by atoms with E-state index in [0.29, 0.717) is 11.8 Å². The Morgan fingerprint density at radius 3 is 2.74 bits per heavy atom. The van der Waals surface area contributed by atoms with Crippen molar-refractivity contribution in [2.75, 3.05) is 13.7 Å². The molecule has 23 heavy (non-hydrogen) atoms. The number of hydrogen-bond donors (Lipinski definition) is 2. The molecule has 2 unspecified atom stereocenters. The quantitative estimate of drug-likeness (QED) is 0.651. The molecule has 2 atom stereocenters. The van der Waals surface area contributed by atoms with Crippen LogP contribution in [0.15, 0.2) is 24.3 Å². The number of nitrogens with one attached hydrogen (secondary N) is 2. The maximum absolute atomic E-state index is 12.6. The van der Waals surface area contributed by atoms with Crippen LogP contribution in [0.25, 0.3) is 0 Å². The Bertz CT molecular complexity index is 583. The van der Waals surface area contributed by atoms with Crippen LogP contribution in [0.3, 0.4) is 0 Å². The number of carbonyl (C=O) groups is 1. The highest BCUT2D eigenvalue weighted by atomic mass is 32.1. The molecule has 0 fully saturated rings. The lowest BCUT2D eigenvalue weighted by Crippen LogP contribution is -2.47. The van der Waals surface area contributed by atoms with E-state index in [1.54, 1.807) is 7.05 Å². The van der Waals surface area contributed by atoms with Crippen molar-refractivity contribution in [3.8, 4) is 0 Å². The predicted octanol–water partition coefficient (Wildman–Crippen LogP) is 2.10. The van der Waals surface area contributed by atoms with Crippen LogP contribution in [0.1, 0.15) is 37.9 Å². The largest absolute Gasteiger partial charge is 0.469 e. The fraction of sp³-hybridized carbons (Fsp3) is 0.529. The molecule has 0 bridgehead atoms. The highest BCUT2D eigenvalue weighted by Gasteiger charge is 2.34. The van der Waals surface area contributed by atoms with Gasteiger partial charge >= 0.3 is 5.97 Å². The van der Waals surface area contributed by atoms with E-state index < -0.39 is 11.6 Å². The third kappa shape index (κ3) is 4.91. The fourth-order valence-corrected chi connectivity index (χ4v) is 2.63. The molecule has 1 aliphatic rings. The Morgan fingerprint density at radius 2 is 2.09 bits per heavy atom. The molecule has 0 aromatic heterocycles. The molecular weight excluding hydrogens is 312 g/mol. The summed E-state index contributed by atoms with van der Waals surface area (Å²) in [5, 5.41) is 6.45. The fourth-order valence-electron chi connectivity index (χ4n) is 2.56. The van der Waals surface area contributed by atoms with Crippen LogP contribution in [0.5, 0.6) is 0 Å². The molecule has 0 aliphatic carbocycles. The molecule has 0 saturated heterocycles. The summed E-state index contributed by atoms with van der Waals surface area (Å²) in [5.41, 5.74) is 1.57. The molecule has 0 radical (unpaired) electrons. The molecule has 1 aliphatic heterocycles. The van der Waals surface area contributed by atoms with Gasteiger partial charge in [0, 0.05) is 13.1 Å². The summed E-state index contributed by atoms with van der Waals surface area (Å²) in [6.45, 7) is 6.00. The summed E-state index contributed by atoms with van der Waals surface area (Å²) < 4.78 is 11.0. The molecule has 0 spiro atoms. The highest BCUT2D eigenvalue weighted by Crippen LogP contribution is 2.27. The number of benzene rings is 1. The number of esters is 1. The van der Waals surface area contributed by atoms with Gasteiger partial charge in [0.25, 0.3) is 5.17 Å². The van der Waals surface area contributed by atoms with Crippen molar-refractivity contribution in [2.24, 2.45) is 0 Å². The van der Waals surface area contributed by atoms with E-state index in [1.807, 2.05) is 45.0 Å². The van der Waals surface area contributed by atoms with Gasteiger partial charge in [0.2, 0.25) is 0 Å². The number of carbonyl (C=O) groups excluding carboxylic acids is 1. The first-order valence-electron chi connectivity index (χ1n) is 7.71. The third-order valence-electron chi connectivity index (χ3n) is 3.50. The number of rotatable bonds is 3. The van der Waals surface area contributed by atoms with Gasteiger partial charge in [0.05, 0.1) is 0 Å². The molecule has 6 heteroatoms. The van der Waals surface area contributed by atoms with Gasteiger partial charge in [-0.05, 0) is 50.5 Å². The van der Waals surface area contributed by atoms with Crippen molar-refractivity contribution >= 4 is 23.4 Å². The number of thiocarbonyl (C=S) groups is 1. The highest BCUT2D eigenvalue weighted by molar-refractivity contribution is 7.80. The normalized spacial score (nSPS) is 20.3. The van der Waals surface area contributed by atoms with Gasteiger partial charge < -0.3 is 14.8 Å². The standard InChI is InChI=1S/C17H24N2O3S/c1-17(2,3)22-15(20)14-13-8-6-5-7-11(13)9-12(19-14)10-21-16(23)18-4/h5-8,12,14,19H,9-10H2,1-4H3,(H,18,23). The minimum atomic E-state index is -0.523. The van der Waals surface area contributed by atoms with Crippen LogP contribution < -0.4 is 10.6 Å². The van der Waals surface area contributed by atoms with Crippen molar-refractivity contribution in [2.45, 2.75) is 44.9 Å². The van der Waals surface area contributed by atoms with Crippen LogP contribution in [0.4, 0.5) is 0 Å². The van der Waals surface area contributed by atoms with Crippen molar-refractivity contribution in [3.05, 3.63) is 35.4 Å². The van der Waals surface area contributed by atoms with Gasteiger partial charge in [-0.25, -0.2) is 4.79 Å². The molecule has 2 rings (SSSR count). The van der Waals surface area contributed by atoms with Gasteiger partial charge in [0.15, 0.2) is 0 Å². The van der Waals surface area contributed by atoms with Gasteiger partial charge in [-0.3, -0.25) is 5.32 Å². The average molecular weight is 336 g/mol. The lowest BCUT2D eigenvalue weighted by Gasteiger charge is -2.33. The van der Waals surface area contributed by atoms with E-state index in [0.717, 1.165) is 17.5 Å². The lowest BCUT2D eigenvalue weighted by atomic mass is 9.90. The van der Waals surface area contributed by atoms with E-state index in [1.165, 1.54) is 0 Å². The predicted molar refractivity (Wildman–Crippen MR) is 93.3 cm³/mol. The minimum Gasteiger partial charge on any atom is -0.469 e. The summed E-state index contributed by atoms with van der Waals surface area (Å²) in [7, 11) is 1.72. The number of ether oxygens (including phenoxy) is 2. The van der Waals surface area contributed by atoms with Gasteiger partial charge in [-0.1, -0.05) is 24.3 Å². The molecule has 1 heterocycles. The van der Waals surface area contributed by atoms with Crippen LogP contribution in [0, 0.1) is 0 Å². The van der Waals surface area contributed by atoms with Crippen molar-refractivity contribution in [1.82, 2.24) is 10.6 Å². The van der Waals surface area contributed by atoms with Crippen molar-refractivity contribution in [1.29, 1.82) is 0 Å². The molecule has 126 valence electrons. The molecule has 0 saturated carbocycles. The Kier molecular flexibility index (Phi) is 5.59. The smallest absolute Gasteiger partial charge is 0.328 e. The zero-order valence-electron chi connectivity index (χ0n) is 14.0. The van der Waals surface area contributed by atoms with Crippen LogP contribution in [-0.4, -0.2) is 36.4 Å². The van der Waals surface area contributed by atoms with Gasteiger partial charge in [0.1, 0.15) is 18.2 Å². The summed E-state index contributed by atoms with van der Waals surface area (Å²) in [6.07, 6.45) is 0.780. The first-order chi connectivity index (χ1) is 10.8. The van der Waals surface area contributed by atoms with Gasteiger partial charge in [-0.15, -0.1) is 0 Å². The molecule has 0 amide bonds. The summed E-state index contributed by atoms with van der Waals surface area (Å²) >= 11 is 5.00. The first-order valence-corrected chi connectivity index (χ1v) is 8.12. The summed E-state index contributed by atoms with van der Waals surface area (Å²) in [5.74, 6) is -0.272. The third-order valence-corrected chi connectivity index (χ3v) is 3.82. The monoisotopic (exact) mass is 336 g/mol.